The van der Waals surface area contributed by atoms with Crippen LogP contribution in [0.15, 0.2) is 36.4 Å². The molecule has 3 rings (SSSR count). The molecule has 1 aromatic heterocycles. The van der Waals surface area contributed by atoms with Gasteiger partial charge < -0.3 is 20.0 Å². The normalized spacial score (nSPS) is 14.0. The molecule has 2 heterocycles. The Hall–Kier alpha value is -3.16. The number of hydrogen-bond donors (Lipinski definition) is 1. The number of benzene rings is 1. The minimum Gasteiger partial charge on any atom is -0.378 e. The van der Waals surface area contributed by atoms with Crippen LogP contribution in [0.1, 0.15) is 17.4 Å². The highest BCUT2D eigenvalue weighted by Crippen LogP contribution is 2.17. The fraction of sp³-hybridized carbons (Fsp3) is 0.368. The summed E-state index contributed by atoms with van der Waals surface area (Å²) >= 11 is 0. The van der Waals surface area contributed by atoms with Crippen LogP contribution in [0.25, 0.3) is 0 Å². The Kier molecular flexibility index (Phi) is 5.54. The maximum Gasteiger partial charge on any atom is 0.276 e. The SMILES string of the molecule is CC(=O)N1CCN(c2ccc(C(=O)Nc3ccc(N(C)C)cc3)nn2)CC1. The predicted molar refractivity (Wildman–Crippen MR) is 105 cm³/mol. The Morgan fingerprint density at radius 3 is 2.15 bits per heavy atom. The largest absolute Gasteiger partial charge is 0.378 e. The molecule has 0 aliphatic carbocycles. The van der Waals surface area contributed by atoms with Crippen LogP contribution >= 0.6 is 0 Å². The first-order chi connectivity index (χ1) is 12.9. The van der Waals surface area contributed by atoms with Crippen molar-refractivity contribution in [3.63, 3.8) is 0 Å². The summed E-state index contributed by atoms with van der Waals surface area (Å²) in [7, 11) is 3.93. The van der Waals surface area contributed by atoms with Gasteiger partial charge in [0.15, 0.2) is 11.5 Å². The molecule has 0 unspecified atom stereocenters. The van der Waals surface area contributed by atoms with Crippen LogP contribution in [0.5, 0.6) is 0 Å². The van der Waals surface area contributed by atoms with Gasteiger partial charge in [0.1, 0.15) is 0 Å². The fourth-order valence-corrected chi connectivity index (χ4v) is 2.90. The van der Waals surface area contributed by atoms with Crippen LogP contribution in [-0.4, -0.2) is 67.2 Å². The highest BCUT2D eigenvalue weighted by Gasteiger charge is 2.20. The lowest BCUT2D eigenvalue weighted by Gasteiger charge is -2.34. The first-order valence-electron chi connectivity index (χ1n) is 8.87. The molecular formula is C19H24N6O2. The monoisotopic (exact) mass is 368 g/mol. The first-order valence-corrected chi connectivity index (χ1v) is 8.87. The lowest BCUT2D eigenvalue weighted by molar-refractivity contribution is -0.129. The zero-order valence-electron chi connectivity index (χ0n) is 15.8. The van der Waals surface area contributed by atoms with Crippen LogP contribution in [0, 0.1) is 0 Å². The van der Waals surface area contributed by atoms with Gasteiger partial charge in [-0.1, -0.05) is 0 Å². The fourth-order valence-electron chi connectivity index (χ4n) is 2.90. The van der Waals surface area contributed by atoms with Crippen molar-refractivity contribution >= 4 is 29.0 Å². The van der Waals surface area contributed by atoms with Crippen molar-refractivity contribution in [3.8, 4) is 0 Å². The number of amides is 2. The number of nitrogens with zero attached hydrogens (tertiary/aromatic N) is 5. The van der Waals surface area contributed by atoms with Crippen LogP contribution in [0.3, 0.4) is 0 Å². The summed E-state index contributed by atoms with van der Waals surface area (Å²) in [6, 6.07) is 11.0. The second-order valence-electron chi connectivity index (χ2n) is 6.67. The minimum absolute atomic E-state index is 0.0892. The molecule has 0 atom stereocenters. The number of rotatable bonds is 4. The van der Waals surface area contributed by atoms with Crippen molar-refractivity contribution in [1.82, 2.24) is 15.1 Å². The van der Waals surface area contributed by atoms with Gasteiger partial charge in [-0.3, -0.25) is 9.59 Å². The summed E-state index contributed by atoms with van der Waals surface area (Å²) < 4.78 is 0. The Morgan fingerprint density at radius 1 is 0.963 bits per heavy atom. The van der Waals surface area contributed by atoms with Gasteiger partial charge in [-0.15, -0.1) is 10.2 Å². The quantitative estimate of drug-likeness (QED) is 0.880. The third kappa shape index (κ3) is 4.52. The summed E-state index contributed by atoms with van der Waals surface area (Å²) in [6.45, 7) is 4.33. The molecule has 8 nitrogen and oxygen atoms in total. The summed E-state index contributed by atoms with van der Waals surface area (Å²) in [5.41, 5.74) is 2.02. The molecule has 0 radical (unpaired) electrons. The van der Waals surface area contributed by atoms with Gasteiger partial charge in [0.2, 0.25) is 5.91 Å². The second kappa shape index (κ2) is 8.03. The van der Waals surface area contributed by atoms with Gasteiger partial charge in [0.05, 0.1) is 0 Å². The van der Waals surface area contributed by atoms with E-state index in [1.165, 1.54) is 0 Å². The third-order valence-corrected chi connectivity index (χ3v) is 4.57. The smallest absolute Gasteiger partial charge is 0.276 e. The average Bonchev–Trinajstić information content (AvgIpc) is 2.68. The molecule has 1 saturated heterocycles. The molecule has 8 heteroatoms. The van der Waals surface area contributed by atoms with Crippen molar-refractivity contribution in [2.75, 3.05) is 55.4 Å². The van der Waals surface area contributed by atoms with E-state index in [0.29, 0.717) is 37.7 Å². The van der Waals surface area contributed by atoms with Crippen LogP contribution in [-0.2, 0) is 4.79 Å². The van der Waals surface area contributed by atoms with Gasteiger partial charge in [0, 0.05) is 58.6 Å². The van der Waals surface area contributed by atoms with Crippen LogP contribution < -0.4 is 15.1 Å². The van der Waals surface area contributed by atoms with Gasteiger partial charge in [-0.05, 0) is 36.4 Å². The summed E-state index contributed by atoms with van der Waals surface area (Å²) in [4.78, 5) is 29.6. The predicted octanol–water partition coefficient (Wildman–Crippen LogP) is 1.46. The second-order valence-corrected chi connectivity index (χ2v) is 6.67. The Bertz CT molecular complexity index is 796. The molecule has 142 valence electrons. The molecule has 27 heavy (non-hydrogen) atoms. The molecular weight excluding hydrogens is 344 g/mol. The molecule has 0 spiro atoms. The maximum absolute atomic E-state index is 12.4. The summed E-state index contributed by atoms with van der Waals surface area (Å²) in [5, 5.41) is 11.1. The molecule has 1 fully saturated rings. The average molecular weight is 368 g/mol. The van der Waals surface area contributed by atoms with E-state index in [9.17, 15) is 9.59 Å². The van der Waals surface area contributed by atoms with E-state index in [1.807, 2.05) is 48.2 Å². The molecule has 1 aromatic carbocycles. The lowest BCUT2D eigenvalue weighted by atomic mass is 10.2. The number of anilines is 3. The highest BCUT2D eigenvalue weighted by atomic mass is 16.2. The molecule has 1 aliphatic rings. The van der Waals surface area contributed by atoms with Crippen molar-refractivity contribution in [3.05, 3.63) is 42.1 Å². The Morgan fingerprint density at radius 2 is 1.63 bits per heavy atom. The molecule has 2 aromatic rings. The van der Waals surface area contributed by atoms with Crippen molar-refractivity contribution in [1.29, 1.82) is 0 Å². The van der Waals surface area contributed by atoms with E-state index in [2.05, 4.69) is 20.4 Å². The van der Waals surface area contributed by atoms with Crippen molar-refractivity contribution in [2.45, 2.75) is 6.92 Å². The molecule has 2 amide bonds. The molecule has 1 N–H and O–H groups in total. The van der Waals surface area contributed by atoms with E-state index in [4.69, 9.17) is 0 Å². The number of carbonyl (C=O) groups excluding carboxylic acids is 2. The number of hydrogen-bond acceptors (Lipinski definition) is 6. The van der Waals surface area contributed by atoms with Gasteiger partial charge in [0.25, 0.3) is 5.91 Å². The number of carbonyl (C=O) groups is 2. The zero-order valence-corrected chi connectivity index (χ0v) is 15.8. The minimum atomic E-state index is -0.298. The number of nitrogens with one attached hydrogen (secondary N) is 1. The van der Waals surface area contributed by atoms with E-state index < -0.39 is 0 Å². The first kappa shape index (κ1) is 18.6. The highest BCUT2D eigenvalue weighted by molar-refractivity contribution is 6.02. The van der Waals surface area contributed by atoms with E-state index >= 15 is 0 Å². The van der Waals surface area contributed by atoms with Crippen LogP contribution in [0.4, 0.5) is 17.2 Å². The van der Waals surface area contributed by atoms with E-state index in [0.717, 1.165) is 5.69 Å². The van der Waals surface area contributed by atoms with Gasteiger partial charge in [-0.25, -0.2) is 0 Å². The summed E-state index contributed by atoms with van der Waals surface area (Å²) in [6.07, 6.45) is 0. The van der Waals surface area contributed by atoms with E-state index in [1.54, 1.807) is 19.1 Å². The number of piperazine rings is 1. The third-order valence-electron chi connectivity index (χ3n) is 4.57. The van der Waals surface area contributed by atoms with Crippen LogP contribution in [0.2, 0.25) is 0 Å². The Balaban J connectivity index is 1.60. The van der Waals surface area contributed by atoms with Crippen molar-refractivity contribution in [2.24, 2.45) is 0 Å². The maximum atomic E-state index is 12.4. The van der Waals surface area contributed by atoms with E-state index in [-0.39, 0.29) is 17.5 Å². The lowest BCUT2D eigenvalue weighted by Crippen LogP contribution is -2.48. The van der Waals surface area contributed by atoms with Gasteiger partial charge in [-0.2, -0.15) is 0 Å². The molecule has 0 bridgehead atoms. The molecule has 0 saturated carbocycles. The topological polar surface area (TPSA) is 81.7 Å². The zero-order chi connectivity index (χ0) is 19.4. The number of aromatic nitrogens is 2. The van der Waals surface area contributed by atoms with Gasteiger partial charge >= 0.3 is 0 Å². The van der Waals surface area contributed by atoms with Crippen molar-refractivity contribution < 1.29 is 9.59 Å². The molecule has 1 aliphatic heterocycles. The summed E-state index contributed by atoms with van der Waals surface area (Å²) in [5.74, 6) is 0.504. The standard InChI is InChI=1S/C19H24N6O2/c1-14(26)24-10-12-25(13-11-24)18-9-8-17(21-22-18)19(27)20-15-4-6-16(7-5-15)23(2)3/h4-9H,10-13H2,1-3H3,(H,20,27). The Labute approximate surface area is 158 Å².